The third kappa shape index (κ3) is 5.32. The predicted molar refractivity (Wildman–Crippen MR) is 108 cm³/mol. The van der Waals surface area contributed by atoms with Crippen LogP contribution in [0.15, 0.2) is 42.5 Å². The Hall–Kier alpha value is -2.56. The van der Waals surface area contributed by atoms with Crippen LogP contribution in [0.1, 0.15) is 26.3 Å². The lowest BCUT2D eigenvalue weighted by molar-refractivity contribution is -0.263. The highest BCUT2D eigenvalue weighted by Crippen LogP contribution is 2.34. The molecule has 0 radical (unpaired) electrons. The van der Waals surface area contributed by atoms with Crippen molar-refractivity contribution in [3.05, 3.63) is 48.0 Å². The predicted octanol–water partition coefficient (Wildman–Crippen LogP) is 0.649. The first kappa shape index (κ1) is 23.7. The number of hydrogen-bond acceptors (Lipinski definition) is 7. The summed E-state index contributed by atoms with van der Waals surface area (Å²) in [6, 6.07) is 13.9. The molecule has 164 valence electrons. The minimum Gasteiger partial charge on any atom is -0.479 e. The molecule has 3 rings (SSSR count). The Balaban J connectivity index is 0.000000274. The number of aliphatic hydroxyl groups is 3. The van der Waals surface area contributed by atoms with E-state index in [4.69, 9.17) is 25.2 Å². The van der Waals surface area contributed by atoms with Gasteiger partial charge < -0.3 is 35.6 Å². The van der Waals surface area contributed by atoms with Crippen LogP contribution in [0.3, 0.4) is 0 Å². The number of fused-ring (bicyclic) bond motifs is 1. The number of carboxylic acid groups (broad SMARTS) is 2. The Bertz CT molecular complexity index is 897. The molecule has 6 N–H and O–H groups in total. The molecule has 1 saturated heterocycles. The molecular formula is C21H27NO8. The molecule has 0 amide bonds. The van der Waals surface area contributed by atoms with E-state index in [1.165, 1.54) is 0 Å². The third-order valence-corrected chi connectivity index (χ3v) is 4.82. The summed E-state index contributed by atoms with van der Waals surface area (Å²) in [5.41, 5.74) is 0.675. The van der Waals surface area contributed by atoms with Crippen LogP contribution in [-0.2, 0) is 20.1 Å². The zero-order valence-corrected chi connectivity index (χ0v) is 16.9. The number of morpholine rings is 1. The van der Waals surface area contributed by atoms with E-state index >= 15 is 0 Å². The molecule has 9 heteroatoms. The van der Waals surface area contributed by atoms with Gasteiger partial charge in [0.05, 0.1) is 12.6 Å². The zero-order chi connectivity index (χ0) is 22.7. The van der Waals surface area contributed by atoms with Crippen molar-refractivity contribution < 1.29 is 39.9 Å². The summed E-state index contributed by atoms with van der Waals surface area (Å²) < 4.78 is 5.82. The van der Waals surface area contributed by atoms with E-state index in [2.05, 4.69) is 25.2 Å². The quantitative estimate of drug-likeness (QED) is 0.417. The number of aliphatic carboxylic acids is 2. The summed E-state index contributed by atoms with van der Waals surface area (Å²) in [5.74, 6) is -4.82. The minimum atomic E-state index is -2.27. The molecular weight excluding hydrogens is 394 g/mol. The highest BCUT2D eigenvalue weighted by molar-refractivity contribution is 5.83. The number of benzene rings is 2. The van der Waals surface area contributed by atoms with E-state index in [0.717, 1.165) is 16.3 Å². The normalized spacial score (nSPS) is 24.9. The highest BCUT2D eigenvalue weighted by atomic mass is 16.6. The van der Waals surface area contributed by atoms with Crippen molar-refractivity contribution in [3.63, 3.8) is 0 Å². The van der Waals surface area contributed by atoms with Crippen molar-refractivity contribution in [1.82, 2.24) is 5.32 Å². The molecule has 0 saturated carbocycles. The van der Waals surface area contributed by atoms with Crippen LogP contribution in [0.2, 0.25) is 0 Å². The third-order valence-electron chi connectivity index (χ3n) is 4.82. The van der Waals surface area contributed by atoms with Gasteiger partial charge in [-0.15, -0.1) is 0 Å². The fourth-order valence-corrected chi connectivity index (χ4v) is 3.16. The number of carboxylic acids is 2. The second-order valence-electron chi connectivity index (χ2n) is 7.86. The highest BCUT2D eigenvalue weighted by Gasteiger charge is 2.44. The van der Waals surface area contributed by atoms with E-state index < -0.39 is 29.9 Å². The molecule has 4 atom stereocenters. The summed E-state index contributed by atoms with van der Waals surface area (Å²) in [7, 11) is 0. The Morgan fingerprint density at radius 2 is 1.57 bits per heavy atom. The minimum absolute atomic E-state index is 0.123. The van der Waals surface area contributed by atoms with Gasteiger partial charge in [0.15, 0.2) is 12.2 Å². The van der Waals surface area contributed by atoms with Crippen LogP contribution in [0, 0.1) is 0 Å². The molecule has 1 aliphatic rings. The number of nitrogens with one attached hydrogen (secondary N) is 1. The topological polar surface area (TPSA) is 157 Å². The van der Waals surface area contributed by atoms with Gasteiger partial charge in [-0.25, -0.2) is 9.59 Å². The van der Waals surface area contributed by atoms with Gasteiger partial charge in [-0.05, 0) is 37.6 Å². The Morgan fingerprint density at radius 1 is 1.03 bits per heavy atom. The van der Waals surface area contributed by atoms with Crippen molar-refractivity contribution in [3.8, 4) is 0 Å². The lowest BCUT2D eigenvalue weighted by atomic mass is 9.91. The van der Waals surface area contributed by atoms with Gasteiger partial charge in [0.2, 0.25) is 5.79 Å². The van der Waals surface area contributed by atoms with E-state index in [0.29, 0.717) is 6.61 Å². The van der Waals surface area contributed by atoms with Crippen molar-refractivity contribution >= 4 is 22.7 Å². The van der Waals surface area contributed by atoms with Crippen LogP contribution in [-0.4, -0.2) is 67.9 Å². The van der Waals surface area contributed by atoms with E-state index in [9.17, 15) is 14.7 Å². The lowest BCUT2D eigenvalue weighted by Gasteiger charge is -2.46. The number of carbonyl (C=O) groups is 2. The average molecular weight is 421 g/mol. The number of ether oxygens (including phenoxy) is 1. The first-order valence-electron chi connectivity index (χ1n) is 9.32. The molecule has 1 heterocycles. The van der Waals surface area contributed by atoms with Gasteiger partial charge >= 0.3 is 11.9 Å². The van der Waals surface area contributed by atoms with Gasteiger partial charge in [-0.1, -0.05) is 36.4 Å². The monoisotopic (exact) mass is 421 g/mol. The SMILES string of the molecule is C[C@@H]1NC(C)(C)CO[C@@]1(O)c1ccc2ccccc2c1.O=C(O)[C@@H](O)[C@H](O)C(=O)O. The van der Waals surface area contributed by atoms with Crippen molar-refractivity contribution in [2.45, 2.75) is 50.3 Å². The second-order valence-corrected chi connectivity index (χ2v) is 7.86. The van der Waals surface area contributed by atoms with Crippen molar-refractivity contribution in [1.29, 1.82) is 0 Å². The van der Waals surface area contributed by atoms with Crippen LogP contribution in [0.25, 0.3) is 10.8 Å². The second kappa shape index (κ2) is 9.07. The molecule has 0 aliphatic carbocycles. The van der Waals surface area contributed by atoms with Gasteiger partial charge in [0, 0.05) is 11.1 Å². The molecule has 9 nitrogen and oxygen atoms in total. The summed E-state index contributed by atoms with van der Waals surface area (Å²) in [6.07, 6.45) is -4.53. The summed E-state index contributed by atoms with van der Waals surface area (Å²) in [5, 5.41) is 49.1. The lowest BCUT2D eigenvalue weighted by Crippen LogP contribution is -2.63. The van der Waals surface area contributed by atoms with Crippen LogP contribution in [0.5, 0.6) is 0 Å². The maximum absolute atomic E-state index is 10.9. The standard InChI is InChI=1S/C17H21NO2.C4H6O6/c1-12-17(19,20-11-16(2,3)18-12)15-9-8-13-6-4-5-7-14(13)10-15;5-1(3(7)8)2(6)4(9)10/h4-10,12,18-19H,11H2,1-3H3;1-2,5-6H,(H,7,8)(H,9,10)/t12-,17+;1-,2-/m00/s1. The van der Waals surface area contributed by atoms with Crippen LogP contribution >= 0.6 is 0 Å². The van der Waals surface area contributed by atoms with Crippen LogP contribution < -0.4 is 5.32 Å². The Kier molecular flexibility index (Phi) is 7.17. The number of rotatable bonds is 4. The molecule has 2 aromatic carbocycles. The largest absolute Gasteiger partial charge is 0.479 e. The Morgan fingerprint density at radius 3 is 2.07 bits per heavy atom. The van der Waals surface area contributed by atoms with E-state index in [1.54, 1.807) is 0 Å². The van der Waals surface area contributed by atoms with Crippen LogP contribution in [0.4, 0.5) is 0 Å². The van der Waals surface area contributed by atoms with E-state index in [-0.39, 0.29) is 11.6 Å². The first-order valence-corrected chi connectivity index (χ1v) is 9.32. The number of aliphatic hydroxyl groups excluding tert-OH is 2. The molecule has 30 heavy (non-hydrogen) atoms. The molecule has 0 spiro atoms. The number of hydrogen-bond donors (Lipinski definition) is 6. The Labute approximate surface area is 173 Å². The maximum Gasteiger partial charge on any atom is 0.335 e. The van der Waals surface area contributed by atoms with Crippen molar-refractivity contribution in [2.75, 3.05) is 6.61 Å². The van der Waals surface area contributed by atoms with Gasteiger partial charge in [0.25, 0.3) is 0 Å². The molecule has 1 aliphatic heterocycles. The first-order chi connectivity index (χ1) is 13.9. The van der Waals surface area contributed by atoms with Gasteiger partial charge in [-0.3, -0.25) is 0 Å². The molecule has 1 fully saturated rings. The smallest absolute Gasteiger partial charge is 0.335 e. The molecule has 0 unspecified atom stereocenters. The fraction of sp³-hybridized carbons (Fsp3) is 0.429. The summed E-state index contributed by atoms with van der Waals surface area (Å²) in [6.45, 7) is 6.57. The van der Waals surface area contributed by atoms with E-state index in [1.807, 2.05) is 43.3 Å². The summed E-state index contributed by atoms with van der Waals surface area (Å²) >= 11 is 0. The molecule has 0 bridgehead atoms. The maximum atomic E-state index is 10.9. The van der Waals surface area contributed by atoms with Gasteiger partial charge in [0.1, 0.15) is 0 Å². The molecule has 0 aromatic heterocycles. The zero-order valence-electron chi connectivity index (χ0n) is 16.9. The van der Waals surface area contributed by atoms with Crippen molar-refractivity contribution in [2.24, 2.45) is 0 Å². The fourth-order valence-electron chi connectivity index (χ4n) is 3.16. The summed E-state index contributed by atoms with van der Waals surface area (Å²) in [4.78, 5) is 19.5. The van der Waals surface area contributed by atoms with Gasteiger partial charge in [-0.2, -0.15) is 0 Å². The average Bonchev–Trinajstić information content (AvgIpc) is 2.69. The molecule has 2 aromatic rings.